The van der Waals surface area contributed by atoms with Crippen LogP contribution in [-0.4, -0.2) is 0 Å². The minimum Gasteiger partial charge on any atom is -0.399 e. The summed E-state index contributed by atoms with van der Waals surface area (Å²) < 4.78 is 0. The lowest BCUT2D eigenvalue weighted by Gasteiger charge is -2.18. The molecule has 1 aliphatic rings. The minimum absolute atomic E-state index is 0.536. The molecule has 0 bridgehead atoms. The van der Waals surface area contributed by atoms with E-state index in [2.05, 4.69) is 67.0 Å². The van der Waals surface area contributed by atoms with Crippen molar-refractivity contribution in [2.75, 3.05) is 0 Å². The van der Waals surface area contributed by atoms with Crippen molar-refractivity contribution >= 4 is 23.0 Å². The fraction of sp³-hybridized carbons (Fsp3) is 0.0769. The highest BCUT2D eigenvalue weighted by Crippen LogP contribution is 2.32. The van der Waals surface area contributed by atoms with Crippen molar-refractivity contribution in [1.82, 2.24) is 5.32 Å². The summed E-state index contributed by atoms with van der Waals surface area (Å²) in [6.07, 6.45) is 13.6. The zero-order valence-corrected chi connectivity index (χ0v) is 16.3. The Labute approximate surface area is 167 Å². The highest BCUT2D eigenvalue weighted by atomic mass is 14.9. The number of allylic oxidation sites excluding steroid dienone is 6. The molecule has 0 radical (unpaired) electrons. The summed E-state index contributed by atoms with van der Waals surface area (Å²) in [6.45, 7) is 10.1. The van der Waals surface area contributed by atoms with Crippen molar-refractivity contribution in [1.29, 1.82) is 0 Å². The number of rotatable bonds is 7. The van der Waals surface area contributed by atoms with E-state index in [-0.39, 0.29) is 0 Å². The first-order valence-electron chi connectivity index (χ1n) is 9.41. The van der Waals surface area contributed by atoms with Gasteiger partial charge in [-0.2, -0.15) is 0 Å². The first kappa shape index (κ1) is 19.2. The van der Waals surface area contributed by atoms with Crippen LogP contribution in [0.25, 0.3) is 23.0 Å². The molecular formula is C26H26N2. The van der Waals surface area contributed by atoms with Crippen molar-refractivity contribution in [3.63, 3.8) is 0 Å². The summed E-state index contributed by atoms with van der Waals surface area (Å²) in [4.78, 5) is 0. The van der Waals surface area contributed by atoms with Crippen LogP contribution in [0.1, 0.15) is 35.6 Å². The maximum Gasteiger partial charge on any atom is 0.0423 e. The number of hydrogen-bond donors (Lipinski definition) is 2. The molecule has 3 N–H and O–H groups in total. The van der Waals surface area contributed by atoms with Gasteiger partial charge >= 0.3 is 0 Å². The average Bonchev–Trinajstić information content (AvgIpc) is 3.16. The molecule has 28 heavy (non-hydrogen) atoms. The summed E-state index contributed by atoms with van der Waals surface area (Å²) in [5, 5.41) is 3.50. The molecule has 0 heterocycles. The molecule has 0 fully saturated rings. The van der Waals surface area contributed by atoms with Crippen LogP contribution in [0.4, 0.5) is 0 Å². The molecule has 3 rings (SSSR count). The van der Waals surface area contributed by atoms with Gasteiger partial charge in [0.15, 0.2) is 0 Å². The van der Waals surface area contributed by atoms with Gasteiger partial charge in [-0.05, 0) is 24.5 Å². The van der Waals surface area contributed by atoms with Gasteiger partial charge < -0.3 is 11.1 Å². The van der Waals surface area contributed by atoms with Crippen LogP contribution in [0.2, 0.25) is 0 Å². The fourth-order valence-corrected chi connectivity index (χ4v) is 3.30. The first-order chi connectivity index (χ1) is 13.6. The Morgan fingerprint density at radius 1 is 0.964 bits per heavy atom. The molecule has 0 saturated heterocycles. The Kier molecular flexibility index (Phi) is 6.13. The third-order valence-corrected chi connectivity index (χ3v) is 4.65. The lowest BCUT2D eigenvalue weighted by Crippen LogP contribution is -2.13. The third kappa shape index (κ3) is 4.24. The van der Waals surface area contributed by atoms with Crippen LogP contribution in [0.3, 0.4) is 0 Å². The molecule has 0 aromatic heterocycles. The maximum atomic E-state index is 5.95. The van der Waals surface area contributed by atoms with Crippen LogP contribution in [0, 0.1) is 0 Å². The van der Waals surface area contributed by atoms with Crippen LogP contribution in [0.5, 0.6) is 0 Å². The van der Waals surface area contributed by atoms with E-state index in [1.807, 2.05) is 43.3 Å². The van der Waals surface area contributed by atoms with Crippen molar-refractivity contribution < 1.29 is 0 Å². The molecule has 2 aromatic carbocycles. The number of benzene rings is 2. The summed E-state index contributed by atoms with van der Waals surface area (Å²) in [5.41, 5.74) is 13.8. The van der Waals surface area contributed by atoms with Gasteiger partial charge in [-0.3, -0.25) is 0 Å². The quantitative estimate of drug-likeness (QED) is 0.578. The first-order valence-corrected chi connectivity index (χ1v) is 9.41. The lowest BCUT2D eigenvalue weighted by molar-refractivity contribution is 1.14. The van der Waals surface area contributed by atoms with Crippen LogP contribution in [-0.2, 0) is 0 Å². The molecular weight excluding hydrogens is 340 g/mol. The Balaban J connectivity index is 1.87. The summed E-state index contributed by atoms with van der Waals surface area (Å²) in [5.74, 6) is 0. The van der Waals surface area contributed by atoms with Crippen molar-refractivity contribution in [2.24, 2.45) is 5.73 Å². The zero-order chi connectivity index (χ0) is 19.9. The minimum atomic E-state index is 0.536. The summed E-state index contributed by atoms with van der Waals surface area (Å²) >= 11 is 0. The molecule has 1 aliphatic carbocycles. The molecule has 0 aliphatic heterocycles. The second-order valence-corrected chi connectivity index (χ2v) is 6.62. The second-order valence-electron chi connectivity index (χ2n) is 6.62. The van der Waals surface area contributed by atoms with E-state index in [4.69, 9.17) is 5.73 Å². The number of hydrogen-bond acceptors (Lipinski definition) is 2. The van der Waals surface area contributed by atoms with Crippen molar-refractivity contribution in [3.8, 4) is 0 Å². The smallest absolute Gasteiger partial charge is 0.0423 e. The van der Waals surface area contributed by atoms with Crippen LogP contribution in [0.15, 0.2) is 97.8 Å². The van der Waals surface area contributed by atoms with Crippen LogP contribution < -0.4 is 11.1 Å². The van der Waals surface area contributed by atoms with Crippen molar-refractivity contribution in [3.05, 3.63) is 120 Å². The summed E-state index contributed by atoms with van der Waals surface area (Å²) in [6, 6.07) is 16.3. The molecule has 140 valence electrons. The predicted octanol–water partition coefficient (Wildman–Crippen LogP) is 6.14. The standard InChI is InChI=1S/C26H26N2/c1-4-5-6-12-21-13-7-8-16-24(21)25-17-11-18-26(25)28-20(3)23-15-10-9-14-22(23)19(2)27/h4-10,12-18,28H,2-3,11,27H2,1H3/b5-4+,12-6-. The highest BCUT2D eigenvalue weighted by Gasteiger charge is 2.16. The zero-order valence-electron chi connectivity index (χ0n) is 16.3. The van der Waals surface area contributed by atoms with Gasteiger partial charge in [-0.15, -0.1) is 0 Å². The van der Waals surface area contributed by atoms with E-state index in [1.165, 1.54) is 16.7 Å². The highest BCUT2D eigenvalue weighted by molar-refractivity contribution is 5.88. The van der Waals surface area contributed by atoms with E-state index in [0.717, 1.165) is 28.9 Å². The SMILES string of the molecule is C=C(N)c1ccccc1C(=C)NC1=CCC=C1c1ccccc1/C=C\C=C\C. The molecule has 2 aromatic rings. The number of nitrogens with two attached hydrogens (primary N) is 1. The van der Waals surface area contributed by atoms with E-state index >= 15 is 0 Å². The van der Waals surface area contributed by atoms with Gasteiger partial charge in [0.05, 0.1) is 0 Å². The normalized spacial score (nSPS) is 13.6. The topological polar surface area (TPSA) is 38.0 Å². The predicted molar refractivity (Wildman–Crippen MR) is 123 cm³/mol. The van der Waals surface area contributed by atoms with Gasteiger partial charge in [0.25, 0.3) is 0 Å². The molecule has 0 spiro atoms. The molecule has 2 nitrogen and oxygen atoms in total. The Morgan fingerprint density at radius 3 is 2.43 bits per heavy atom. The third-order valence-electron chi connectivity index (χ3n) is 4.65. The lowest BCUT2D eigenvalue weighted by atomic mass is 9.97. The molecule has 0 saturated carbocycles. The molecule has 0 amide bonds. The van der Waals surface area contributed by atoms with E-state index < -0.39 is 0 Å². The maximum absolute atomic E-state index is 5.95. The Hall–Kier alpha value is -3.52. The van der Waals surface area contributed by atoms with E-state index in [9.17, 15) is 0 Å². The number of nitrogens with one attached hydrogen (secondary N) is 1. The second kappa shape index (κ2) is 8.92. The van der Waals surface area contributed by atoms with Gasteiger partial charge in [-0.25, -0.2) is 0 Å². The summed E-state index contributed by atoms with van der Waals surface area (Å²) in [7, 11) is 0. The van der Waals surface area contributed by atoms with Gasteiger partial charge in [0, 0.05) is 33.8 Å². The van der Waals surface area contributed by atoms with Crippen molar-refractivity contribution in [2.45, 2.75) is 13.3 Å². The monoisotopic (exact) mass is 366 g/mol. The largest absolute Gasteiger partial charge is 0.399 e. The Bertz CT molecular complexity index is 1020. The van der Waals surface area contributed by atoms with Gasteiger partial charge in [-0.1, -0.05) is 98.1 Å². The molecule has 0 atom stereocenters. The Morgan fingerprint density at radius 2 is 1.68 bits per heavy atom. The molecule has 0 unspecified atom stereocenters. The van der Waals surface area contributed by atoms with E-state index in [0.29, 0.717) is 5.70 Å². The molecule has 2 heteroatoms. The fourth-order valence-electron chi connectivity index (χ4n) is 3.30. The van der Waals surface area contributed by atoms with E-state index in [1.54, 1.807) is 0 Å². The van der Waals surface area contributed by atoms with Gasteiger partial charge in [0.2, 0.25) is 0 Å². The van der Waals surface area contributed by atoms with Gasteiger partial charge in [0.1, 0.15) is 0 Å². The van der Waals surface area contributed by atoms with Crippen LogP contribution >= 0.6 is 0 Å². The average molecular weight is 367 g/mol.